The van der Waals surface area contributed by atoms with Gasteiger partial charge in [-0.2, -0.15) is 0 Å². The van der Waals surface area contributed by atoms with E-state index in [4.69, 9.17) is 9.47 Å². The van der Waals surface area contributed by atoms with Gasteiger partial charge in [-0.15, -0.1) is 0 Å². The standard InChI is InChI=1S/C31H34NO4P/c1-35-30(33)29(31(34)36-2)25-15-12-16-26(22-21-25)32(23-24-13-6-3-7-14-24)37(27-17-8-4-9-18-27)28-19-10-5-11-20-28/h3-11,13-14,17-22,25-26,29H,12,15-16,23H2,1-2H3/t25-,26-/m1/s1. The molecule has 1 aliphatic rings. The van der Waals surface area contributed by atoms with Gasteiger partial charge in [-0.05, 0) is 29.0 Å². The van der Waals surface area contributed by atoms with Crippen molar-refractivity contribution in [1.29, 1.82) is 0 Å². The summed E-state index contributed by atoms with van der Waals surface area (Å²) in [4.78, 5) is 25.0. The molecule has 5 nitrogen and oxygen atoms in total. The molecule has 0 fully saturated rings. The molecule has 0 spiro atoms. The Kier molecular flexibility index (Phi) is 9.65. The second kappa shape index (κ2) is 13.3. The zero-order chi connectivity index (χ0) is 26.0. The Hall–Kier alpha value is -3.27. The lowest BCUT2D eigenvalue weighted by Gasteiger charge is -2.37. The van der Waals surface area contributed by atoms with Gasteiger partial charge in [0.2, 0.25) is 0 Å². The summed E-state index contributed by atoms with van der Waals surface area (Å²) in [5.41, 5.74) is 1.25. The van der Waals surface area contributed by atoms with Crippen molar-refractivity contribution in [3.63, 3.8) is 0 Å². The predicted molar refractivity (Wildman–Crippen MR) is 149 cm³/mol. The highest BCUT2D eigenvalue weighted by atomic mass is 31.1. The number of hydrogen-bond donors (Lipinski definition) is 0. The van der Waals surface area contributed by atoms with Gasteiger partial charge in [0.1, 0.15) is 0 Å². The van der Waals surface area contributed by atoms with E-state index in [1.165, 1.54) is 30.4 Å². The first-order chi connectivity index (χ1) is 18.1. The zero-order valence-corrected chi connectivity index (χ0v) is 22.3. The second-order valence-electron chi connectivity index (χ2n) is 9.14. The van der Waals surface area contributed by atoms with Crippen LogP contribution >= 0.6 is 8.07 Å². The Morgan fingerprint density at radius 3 is 1.81 bits per heavy atom. The summed E-state index contributed by atoms with van der Waals surface area (Å²) in [6.45, 7) is 0.785. The number of rotatable bonds is 9. The predicted octanol–water partition coefficient (Wildman–Crippen LogP) is 5.22. The lowest BCUT2D eigenvalue weighted by molar-refractivity contribution is -0.160. The molecule has 192 valence electrons. The number of esters is 2. The van der Waals surface area contributed by atoms with Gasteiger partial charge >= 0.3 is 11.9 Å². The van der Waals surface area contributed by atoms with E-state index in [0.29, 0.717) is 0 Å². The quantitative estimate of drug-likeness (QED) is 0.169. The normalized spacial score (nSPS) is 17.5. The van der Waals surface area contributed by atoms with Crippen LogP contribution in [0.4, 0.5) is 0 Å². The summed E-state index contributed by atoms with van der Waals surface area (Å²) in [5, 5.41) is 2.58. The molecule has 37 heavy (non-hydrogen) atoms. The van der Waals surface area contributed by atoms with Crippen molar-refractivity contribution in [3.05, 3.63) is 109 Å². The minimum atomic E-state index is -0.947. The monoisotopic (exact) mass is 515 g/mol. The third-order valence-electron chi connectivity index (χ3n) is 6.78. The number of allylic oxidation sites excluding steroid dienone is 1. The molecule has 3 aromatic rings. The Morgan fingerprint density at radius 2 is 1.30 bits per heavy atom. The molecule has 0 unspecified atom stereocenters. The van der Waals surface area contributed by atoms with Crippen LogP contribution < -0.4 is 10.6 Å². The largest absolute Gasteiger partial charge is 0.468 e. The second-order valence-corrected chi connectivity index (χ2v) is 11.3. The van der Waals surface area contributed by atoms with Gasteiger partial charge in [-0.25, -0.2) is 0 Å². The molecular weight excluding hydrogens is 481 g/mol. The summed E-state index contributed by atoms with van der Waals surface area (Å²) < 4.78 is 12.5. The van der Waals surface area contributed by atoms with Crippen LogP contribution in [0.2, 0.25) is 0 Å². The van der Waals surface area contributed by atoms with Gasteiger partial charge in [-0.1, -0.05) is 110 Å². The highest BCUT2D eigenvalue weighted by molar-refractivity contribution is 7.70. The van der Waals surface area contributed by atoms with Crippen molar-refractivity contribution in [2.45, 2.75) is 31.8 Å². The third kappa shape index (κ3) is 6.74. The van der Waals surface area contributed by atoms with Gasteiger partial charge in [-0.3, -0.25) is 14.3 Å². The van der Waals surface area contributed by atoms with Crippen molar-refractivity contribution in [2.24, 2.45) is 11.8 Å². The number of methoxy groups -OCH3 is 2. The van der Waals surface area contributed by atoms with Crippen LogP contribution in [-0.2, 0) is 25.6 Å². The van der Waals surface area contributed by atoms with E-state index in [-0.39, 0.29) is 12.0 Å². The van der Waals surface area contributed by atoms with Crippen molar-refractivity contribution >= 4 is 30.6 Å². The first-order valence-corrected chi connectivity index (χ1v) is 14.0. The topological polar surface area (TPSA) is 55.8 Å². The molecule has 2 atom stereocenters. The maximum absolute atomic E-state index is 12.5. The molecule has 1 aliphatic carbocycles. The first kappa shape index (κ1) is 26.8. The fourth-order valence-electron chi connectivity index (χ4n) is 4.94. The lowest BCUT2D eigenvalue weighted by Crippen LogP contribution is -2.35. The number of nitrogens with zero attached hydrogens (tertiary/aromatic N) is 1. The van der Waals surface area contributed by atoms with Gasteiger partial charge in [0.05, 0.1) is 14.2 Å². The highest BCUT2D eigenvalue weighted by Gasteiger charge is 2.37. The molecule has 6 heteroatoms. The number of carbonyl (C=O) groups excluding carboxylic acids is 2. The zero-order valence-electron chi connectivity index (χ0n) is 21.4. The fraction of sp³-hybridized carbons (Fsp3) is 0.290. The Bertz CT molecular complexity index is 1110. The van der Waals surface area contributed by atoms with Crippen molar-refractivity contribution in [2.75, 3.05) is 14.2 Å². The molecule has 0 saturated carbocycles. The maximum atomic E-state index is 12.5. The van der Waals surface area contributed by atoms with E-state index in [9.17, 15) is 9.59 Å². The summed E-state index contributed by atoms with van der Waals surface area (Å²) in [6.07, 6.45) is 6.76. The van der Waals surface area contributed by atoms with E-state index in [1.54, 1.807) is 0 Å². The van der Waals surface area contributed by atoms with E-state index in [2.05, 4.69) is 95.7 Å². The molecule has 4 rings (SSSR count). The smallest absolute Gasteiger partial charge is 0.320 e. The SMILES string of the molecule is COC(=O)C(C(=O)OC)[C@H]1C=C[C@H](N(Cc2ccccc2)P(c2ccccc2)c2ccccc2)CCC1. The van der Waals surface area contributed by atoms with E-state index >= 15 is 0 Å². The van der Waals surface area contributed by atoms with Crippen LogP contribution in [0, 0.1) is 11.8 Å². The Labute approximate surface area is 220 Å². The highest BCUT2D eigenvalue weighted by Crippen LogP contribution is 2.43. The molecule has 0 heterocycles. The minimum absolute atomic E-state index is 0.132. The maximum Gasteiger partial charge on any atom is 0.320 e. The molecule has 0 bridgehead atoms. The summed E-state index contributed by atoms with van der Waals surface area (Å²) in [5.74, 6) is -2.30. The first-order valence-electron chi connectivity index (χ1n) is 12.7. The molecule has 0 aliphatic heterocycles. The number of carbonyl (C=O) groups is 2. The molecule has 0 aromatic heterocycles. The van der Waals surface area contributed by atoms with Crippen LogP contribution in [-0.4, -0.2) is 36.9 Å². The van der Waals surface area contributed by atoms with Crippen LogP contribution in [0.25, 0.3) is 0 Å². The van der Waals surface area contributed by atoms with Crippen molar-refractivity contribution < 1.29 is 19.1 Å². The molecule has 0 radical (unpaired) electrons. The fourth-order valence-corrected chi connectivity index (χ4v) is 7.54. The average Bonchev–Trinajstić information content (AvgIpc) is 3.20. The Morgan fingerprint density at radius 1 is 0.784 bits per heavy atom. The van der Waals surface area contributed by atoms with Crippen LogP contribution in [0.5, 0.6) is 0 Å². The van der Waals surface area contributed by atoms with Gasteiger partial charge < -0.3 is 9.47 Å². The lowest BCUT2D eigenvalue weighted by atomic mass is 9.88. The van der Waals surface area contributed by atoms with Gasteiger partial charge in [0.15, 0.2) is 5.92 Å². The average molecular weight is 516 g/mol. The third-order valence-corrected chi connectivity index (χ3v) is 9.31. The van der Waals surface area contributed by atoms with Crippen LogP contribution in [0.3, 0.4) is 0 Å². The van der Waals surface area contributed by atoms with E-state index in [1.807, 2.05) is 12.1 Å². The van der Waals surface area contributed by atoms with Crippen LogP contribution in [0.15, 0.2) is 103 Å². The summed E-state index contributed by atoms with van der Waals surface area (Å²) in [7, 11) is 1.80. The van der Waals surface area contributed by atoms with Gasteiger partial charge in [0.25, 0.3) is 0 Å². The molecule has 3 aromatic carbocycles. The minimum Gasteiger partial charge on any atom is -0.468 e. The summed E-state index contributed by atoms with van der Waals surface area (Å²) >= 11 is 0. The van der Waals surface area contributed by atoms with Crippen molar-refractivity contribution in [3.8, 4) is 0 Å². The molecule has 0 saturated heterocycles. The van der Waals surface area contributed by atoms with E-state index in [0.717, 1.165) is 25.8 Å². The molecular formula is C31H34NO4P. The van der Waals surface area contributed by atoms with Crippen molar-refractivity contribution in [1.82, 2.24) is 4.67 Å². The molecule has 0 N–H and O–H groups in total. The van der Waals surface area contributed by atoms with Gasteiger partial charge in [0, 0.05) is 26.6 Å². The number of benzene rings is 3. The number of hydrogen-bond acceptors (Lipinski definition) is 5. The molecule has 0 amide bonds. The number of ether oxygens (including phenoxy) is 2. The van der Waals surface area contributed by atoms with E-state index < -0.39 is 25.9 Å². The summed E-state index contributed by atoms with van der Waals surface area (Å²) in [6, 6.07) is 32.0. The van der Waals surface area contributed by atoms with Crippen LogP contribution in [0.1, 0.15) is 24.8 Å². The Balaban J connectivity index is 1.74.